The average Bonchev–Trinajstić information content (AvgIpc) is 2.41. The predicted octanol–water partition coefficient (Wildman–Crippen LogP) is 2.92. The Morgan fingerprint density at radius 3 is 2.47 bits per heavy atom. The van der Waals surface area contributed by atoms with Crippen LogP contribution in [0.5, 0.6) is 0 Å². The second-order valence-corrected chi connectivity index (χ2v) is 4.29. The second-order valence-electron chi connectivity index (χ2n) is 4.29. The lowest BCUT2D eigenvalue weighted by Gasteiger charge is -2.27. The van der Waals surface area contributed by atoms with Crippen LogP contribution in [-0.4, -0.2) is 10.1 Å². The summed E-state index contributed by atoms with van der Waals surface area (Å²) in [5, 5.41) is 10.7. The van der Waals surface area contributed by atoms with Crippen LogP contribution in [0.15, 0.2) is 54.9 Å². The van der Waals surface area contributed by atoms with Gasteiger partial charge in [-0.1, -0.05) is 43.3 Å². The van der Waals surface area contributed by atoms with Crippen molar-refractivity contribution in [3.05, 3.63) is 66.0 Å². The van der Waals surface area contributed by atoms with Gasteiger partial charge in [0.05, 0.1) is 5.60 Å². The third-order valence-electron chi connectivity index (χ3n) is 3.12. The van der Waals surface area contributed by atoms with Crippen molar-refractivity contribution in [2.75, 3.05) is 0 Å². The third kappa shape index (κ3) is 2.71. The zero-order valence-electron chi connectivity index (χ0n) is 10.0. The molecule has 2 aromatic rings. The minimum absolute atomic E-state index is 0.621. The van der Waals surface area contributed by atoms with Crippen molar-refractivity contribution in [1.82, 2.24) is 4.98 Å². The van der Waals surface area contributed by atoms with Crippen LogP contribution in [0.4, 0.5) is 0 Å². The number of hydrogen-bond acceptors (Lipinski definition) is 2. The highest BCUT2D eigenvalue weighted by Crippen LogP contribution is 2.28. The van der Waals surface area contributed by atoms with Crippen molar-refractivity contribution in [2.24, 2.45) is 0 Å². The van der Waals surface area contributed by atoms with Gasteiger partial charge in [0.2, 0.25) is 0 Å². The van der Waals surface area contributed by atoms with Gasteiger partial charge in [-0.2, -0.15) is 0 Å². The van der Waals surface area contributed by atoms with E-state index in [1.807, 2.05) is 49.4 Å². The Morgan fingerprint density at radius 2 is 1.88 bits per heavy atom. The molecule has 17 heavy (non-hydrogen) atoms. The topological polar surface area (TPSA) is 33.1 Å². The Labute approximate surface area is 102 Å². The summed E-state index contributed by atoms with van der Waals surface area (Å²) in [6.07, 6.45) is 4.76. The maximum atomic E-state index is 10.7. The van der Waals surface area contributed by atoms with E-state index in [1.165, 1.54) is 0 Å². The summed E-state index contributed by atoms with van der Waals surface area (Å²) < 4.78 is 0. The smallest absolute Gasteiger partial charge is 0.0948 e. The highest BCUT2D eigenvalue weighted by molar-refractivity contribution is 5.24. The number of rotatable bonds is 4. The van der Waals surface area contributed by atoms with Gasteiger partial charge in [-0.05, 0) is 18.1 Å². The van der Waals surface area contributed by atoms with Gasteiger partial charge in [0, 0.05) is 24.4 Å². The van der Waals surface area contributed by atoms with E-state index in [0.29, 0.717) is 12.8 Å². The molecule has 0 aliphatic heterocycles. The fourth-order valence-electron chi connectivity index (χ4n) is 2.00. The number of aliphatic hydroxyl groups is 1. The molecule has 0 saturated carbocycles. The highest BCUT2D eigenvalue weighted by atomic mass is 16.3. The molecule has 1 aromatic heterocycles. The zero-order chi connectivity index (χ0) is 12.1. The van der Waals surface area contributed by atoms with E-state index in [4.69, 9.17) is 0 Å². The standard InChI is InChI=1S/C15H17NO/c1-2-15(17,14-9-6-10-16-12-14)11-13-7-4-3-5-8-13/h3-10,12,17H,2,11H2,1H3. The van der Waals surface area contributed by atoms with Gasteiger partial charge in [0.15, 0.2) is 0 Å². The first-order valence-corrected chi connectivity index (χ1v) is 5.91. The Bertz CT molecular complexity index is 455. The Kier molecular flexibility index (Phi) is 3.55. The average molecular weight is 227 g/mol. The lowest BCUT2D eigenvalue weighted by Crippen LogP contribution is -2.27. The van der Waals surface area contributed by atoms with Gasteiger partial charge < -0.3 is 5.11 Å². The molecule has 1 atom stereocenters. The molecule has 1 heterocycles. The normalized spacial score (nSPS) is 14.2. The van der Waals surface area contributed by atoms with Crippen LogP contribution in [0.3, 0.4) is 0 Å². The minimum Gasteiger partial charge on any atom is -0.385 e. The molecule has 88 valence electrons. The van der Waals surface area contributed by atoms with Gasteiger partial charge in [-0.3, -0.25) is 4.98 Å². The molecule has 0 amide bonds. The summed E-state index contributed by atoms with van der Waals surface area (Å²) in [6, 6.07) is 13.8. The Balaban J connectivity index is 2.27. The van der Waals surface area contributed by atoms with Crippen molar-refractivity contribution in [2.45, 2.75) is 25.4 Å². The van der Waals surface area contributed by atoms with Gasteiger partial charge in [-0.25, -0.2) is 0 Å². The van der Waals surface area contributed by atoms with Crippen LogP contribution in [-0.2, 0) is 12.0 Å². The molecule has 2 nitrogen and oxygen atoms in total. The SMILES string of the molecule is CCC(O)(Cc1ccccc1)c1cccnc1. The molecule has 2 heteroatoms. The first-order chi connectivity index (χ1) is 8.24. The van der Waals surface area contributed by atoms with Gasteiger partial charge in [0.1, 0.15) is 0 Å². The molecule has 1 N–H and O–H groups in total. The molecule has 0 radical (unpaired) electrons. The summed E-state index contributed by atoms with van der Waals surface area (Å²) in [6.45, 7) is 2.00. The highest BCUT2D eigenvalue weighted by Gasteiger charge is 2.27. The summed E-state index contributed by atoms with van der Waals surface area (Å²) in [4.78, 5) is 4.08. The number of benzene rings is 1. The largest absolute Gasteiger partial charge is 0.385 e. The maximum Gasteiger partial charge on any atom is 0.0948 e. The van der Waals surface area contributed by atoms with Crippen LogP contribution in [0.2, 0.25) is 0 Å². The van der Waals surface area contributed by atoms with Crippen molar-refractivity contribution in [1.29, 1.82) is 0 Å². The number of hydrogen-bond donors (Lipinski definition) is 1. The molecular formula is C15H17NO. The van der Waals surface area contributed by atoms with Gasteiger partial charge >= 0.3 is 0 Å². The van der Waals surface area contributed by atoms with E-state index in [1.54, 1.807) is 12.4 Å². The van der Waals surface area contributed by atoms with Crippen LogP contribution in [0.25, 0.3) is 0 Å². The molecule has 2 rings (SSSR count). The van der Waals surface area contributed by atoms with Crippen LogP contribution in [0.1, 0.15) is 24.5 Å². The fraction of sp³-hybridized carbons (Fsp3) is 0.267. The predicted molar refractivity (Wildman–Crippen MR) is 68.6 cm³/mol. The number of pyridine rings is 1. The van der Waals surface area contributed by atoms with Gasteiger partial charge in [0.25, 0.3) is 0 Å². The van der Waals surface area contributed by atoms with Crippen LogP contribution in [0, 0.1) is 0 Å². The number of aromatic nitrogens is 1. The van der Waals surface area contributed by atoms with Crippen molar-refractivity contribution in [3.8, 4) is 0 Å². The number of nitrogens with zero attached hydrogens (tertiary/aromatic N) is 1. The van der Waals surface area contributed by atoms with Crippen molar-refractivity contribution < 1.29 is 5.11 Å². The van der Waals surface area contributed by atoms with E-state index < -0.39 is 5.60 Å². The zero-order valence-corrected chi connectivity index (χ0v) is 10.0. The molecule has 0 aliphatic carbocycles. The summed E-state index contributed by atoms with van der Waals surface area (Å²) >= 11 is 0. The lowest BCUT2D eigenvalue weighted by atomic mass is 9.86. The summed E-state index contributed by atoms with van der Waals surface area (Å²) in [7, 11) is 0. The van der Waals surface area contributed by atoms with Crippen molar-refractivity contribution in [3.63, 3.8) is 0 Å². The van der Waals surface area contributed by atoms with Crippen LogP contribution < -0.4 is 0 Å². The van der Waals surface area contributed by atoms with E-state index >= 15 is 0 Å². The molecule has 0 spiro atoms. The molecule has 0 saturated heterocycles. The van der Waals surface area contributed by atoms with Crippen molar-refractivity contribution >= 4 is 0 Å². The maximum absolute atomic E-state index is 10.7. The second kappa shape index (κ2) is 5.11. The van der Waals surface area contributed by atoms with E-state index in [9.17, 15) is 5.11 Å². The minimum atomic E-state index is -0.824. The summed E-state index contributed by atoms with van der Waals surface area (Å²) in [5.41, 5.74) is 1.20. The summed E-state index contributed by atoms with van der Waals surface area (Å²) in [5.74, 6) is 0. The quantitative estimate of drug-likeness (QED) is 0.871. The third-order valence-corrected chi connectivity index (χ3v) is 3.12. The Morgan fingerprint density at radius 1 is 1.12 bits per heavy atom. The fourth-order valence-corrected chi connectivity index (χ4v) is 2.00. The monoisotopic (exact) mass is 227 g/mol. The van der Waals surface area contributed by atoms with E-state index in [-0.39, 0.29) is 0 Å². The lowest BCUT2D eigenvalue weighted by molar-refractivity contribution is 0.0324. The molecule has 1 unspecified atom stereocenters. The van der Waals surface area contributed by atoms with Gasteiger partial charge in [-0.15, -0.1) is 0 Å². The first-order valence-electron chi connectivity index (χ1n) is 5.91. The van der Waals surface area contributed by atoms with E-state index in [0.717, 1.165) is 11.1 Å². The molecular weight excluding hydrogens is 210 g/mol. The van der Waals surface area contributed by atoms with Crippen LogP contribution >= 0.6 is 0 Å². The molecule has 0 bridgehead atoms. The molecule has 1 aromatic carbocycles. The first kappa shape index (κ1) is 11.8. The molecule has 0 aliphatic rings. The van der Waals surface area contributed by atoms with E-state index in [2.05, 4.69) is 4.98 Å². The molecule has 0 fully saturated rings. The Hall–Kier alpha value is -1.67.